The lowest BCUT2D eigenvalue weighted by Crippen LogP contribution is -2.48. The third-order valence-corrected chi connectivity index (χ3v) is 6.06. The molecule has 1 aromatic carbocycles. The van der Waals surface area contributed by atoms with Gasteiger partial charge in [-0.2, -0.15) is 0 Å². The van der Waals surface area contributed by atoms with Crippen LogP contribution in [-0.2, 0) is 9.53 Å². The average Bonchev–Trinajstić information content (AvgIpc) is 3.10. The van der Waals surface area contributed by atoms with E-state index in [1.807, 2.05) is 12.1 Å². The number of fused-ring (bicyclic) bond motifs is 3. The normalized spacial score (nSPS) is 32.8. The molecule has 2 bridgehead atoms. The zero-order valence-corrected chi connectivity index (χ0v) is 14.4. The molecule has 0 N–H and O–H groups in total. The minimum atomic E-state index is -0.450. The van der Waals surface area contributed by atoms with Crippen LogP contribution in [0, 0.1) is 18.8 Å². The molecule has 2 fully saturated rings. The zero-order valence-electron chi connectivity index (χ0n) is 14.4. The quantitative estimate of drug-likeness (QED) is 0.540. The van der Waals surface area contributed by atoms with E-state index in [0.717, 1.165) is 36.1 Å². The van der Waals surface area contributed by atoms with Crippen molar-refractivity contribution in [2.24, 2.45) is 0 Å². The third-order valence-electron chi connectivity index (χ3n) is 6.06. The van der Waals surface area contributed by atoms with Gasteiger partial charge in [0.15, 0.2) is 5.60 Å². The molecule has 4 aliphatic rings. The predicted octanol–water partition coefficient (Wildman–Crippen LogP) is 3.14. The molecule has 1 unspecified atom stereocenters. The van der Waals surface area contributed by atoms with E-state index < -0.39 is 5.60 Å². The van der Waals surface area contributed by atoms with Gasteiger partial charge in [-0.3, -0.25) is 4.90 Å². The maximum Gasteiger partial charge on any atom is 0.332 e. The molecule has 0 saturated carbocycles. The molecule has 3 atom stereocenters. The monoisotopic (exact) mass is 331 g/mol. The molecule has 0 aromatic heterocycles. The number of carbonyl (C=O) groups is 1. The molecule has 25 heavy (non-hydrogen) atoms. The maximum absolute atomic E-state index is 12.1. The summed E-state index contributed by atoms with van der Waals surface area (Å²) in [6.07, 6.45) is 8.39. The summed E-state index contributed by atoms with van der Waals surface area (Å²) in [7, 11) is 0. The summed E-state index contributed by atoms with van der Waals surface area (Å²) in [5.74, 6) is 6.41. The van der Waals surface area contributed by atoms with Crippen molar-refractivity contribution in [2.45, 2.75) is 50.3 Å². The molecular formula is C22H21NO2. The van der Waals surface area contributed by atoms with Crippen molar-refractivity contribution in [1.29, 1.82) is 0 Å². The highest BCUT2D eigenvalue weighted by atomic mass is 16.6. The molecule has 126 valence electrons. The van der Waals surface area contributed by atoms with Crippen LogP contribution in [0.4, 0.5) is 0 Å². The lowest BCUT2D eigenvalue weighted by Gasteiger charge is -2.38. The number of rotatable bonds is 0. The van der Waals surface area contributed by atoms with Crippen molar-refractivity contribution in [3.05, 3.63) is 58.7 Å². The van der Waals surface area contributed by atoms with Gasteiger partial charge in [0, 0.05) is 35.2 Å². The molecule has 1 aromatic rings. The van der Waals surface area contributed by atoms with Crippen LogP contribution in [0.3, 0.4) is 0 Å². The first-order valence-electron chi connectivity index (χ1n) is 9.17. The van der Waals surface area contributed by atoms with Gasteiger partial charge in [0.1, 0.15) is 0 Å². The molecule has 2 saturated heterocycles. The topological polar surface area (TPSA) is 29.5 Å². The van der Waals surface area contributed by atoms with Crippen molar-refractivity contribution in [3.8, 4) is 11.8 Å². The molecule has 3 heteroatoms. The Hall–Kier alpha value is -2.31. The smallest absolute Gasteiger partial charge is 0.332 e. The molecule has 1 aliphatic carbocycles. The molecule has 5 rings (SSSR count). The van der Waals surface area contributed by atoms with Gasteiger partial charge >= 0.3 is 5.97 Å². The summed E-state index contributed by atoms with van der Waals surface area (Å²) in [6, 6.07) is 8.90. The van der Waals surface area contributed by atoms with Crippen molar-refractivity contribution in [3.63, 3.8) is 0 Å². The number of piperidine rings is 1. The number of aryl methyl sites for hydroxylation is 1. The summed E-state index contributed by atoms with van der Waals surface area (Å²) in [5, 5.41) is 0. The number of ether oxygens (including phenoxy) is 1. The largest absolute Gasteiger partial charge is 0.449 e. The van der Waals surface area contributed by atoms with Crippen LogP contribution >= 0.6 is 0 Å². The molecule has 3 heterocycles. The molecule has 0 amide bonds. The second-order valence-electron chi connectivity index (χ2n) is 7.59. The number of esters is 1. The van der Waals surface area contributed by atoms with Crippen molar-refractivity contribution < 1.29 is 9.53 Å². The summed E-state index contributed by atoms with van der Waals surface area (Å²) in [6.45, 7) is 3.17. The van der Waals surface area contributed by atoms with Crippen molar-refractivity contribution in [1.82, 2.24) is 4.90 Å². The minimum Gasteiger partial charge on any atom is -0.449 e. The number of nitrogens with zero attached hydrogens (tertiary/aromatic N) is 1. The van der Waals surface area contributed by atoms with Crippen LogP contribution in [0.15, 0.2) is 47.6 Å². The summed E-state index contributed by atoms with van der Waals surface area (Å²) in [4.78, 5) is 14.7. The molecule has 1 spiro atoms. The number of carbonyl (C=O) groups excluding carboxylic acids is 1. The Morgan fingerprint density at radius 2 is 2.04 bits per heavy atom. The Labute approximate surface area is 148 Å². The third kappa shape index (κ3) is 2.21. The van der Waals surface area contributed by atoms with Gasteiger partial charge in [-0.05, 0) is 38.4 Å². The van der Waals surface area contributed by atoms with Crippen molar-refractivity contribution in [2.75, 3.05) is 6.54 Å². The first-order chi connectivity index (χ1) is 12.2. The Morgan fingerprint density at radius 1 is 1.20 bits per heavy atom. The maximum atomic E-state index is 12.1. The standard InChI is InChI=1S/C22H21NO2/c1-15-5-7-16(8-6-15)9-10-17-12-18-14-22(19(17)13-21(24)25-22)20-4-2-3-11-23(18)20/h5-8,12-13,18,20H,2-4,11,14H2,1H3/t18-,20?,22+/m1/s1. The van der Waals surface area contributed by atoms with Crippen LogP contribution < -0.4 is 0 Å². The highest BCUT2D eigenvalue weighted by Crippen LogP contribution is 2.53. The molecular weight excluding hydrogens is 310 g/mol. The number of benzene rings is 1. The Bertz CT molecular complexity index is 868. The Kier molecular flexibility index (Phi) is 3.20. The van der Waals surface area contributed by atoms with Gasteiger partial charge in [0.25, 0.3) is 0 Å². The highest BCUT2D eigenvalue weighted by Gasteiger charge is 2.61. The fraction of sp³-hybridized carbons (Fsp3) is 0.409. The SMILES string of the molecule is Cc1ccc(C#CC2=C[C@@H]3C[C@@]4(OC(=O)C=C24)C2CCCCN23)cc1. The summed E-state index contributed by atoms with van der Waals surface area (Å²) >= 11 is 0. The van der Waals surface area contributed by atoms with E-state index in [1.54, 1.807) is 6.08 Å². The molecule has 3 aliphatic heterocycles. The zero-order chi connectivity index (χ0) is 17.0. The average molecular weight is 331 g/mol. The van der Waals surface area contributed by atoms with Gasteiger partial charge in [-0.15, -0.1) is 0 Å². The van der Waals surface area contributed by atoms with E-state index in [1.165, 1.54) is 18.4 Å². The predicted molar refractivity (Wildman–Crippen MR) is 95.8 cm³/mol. The minimum absolute atomic E-state index is 0.203. The van der Waals surface area contributed by atoms with Gasteiger partial charge < -0.3 is 4.74 Å². The first-order valence-corrected chi connectivity index (χ1v) is 9.17. The highest BCUT2D eigenvalue weighted by molar-refractivity contribution is 5.90. The fourth-order valence-electron chi connectivity index (χ4n) is 4.95. The van der Waals surface area contributed by atoms with Crippen LogP contribution in [-0.4, -0.2) is 35.1 Å². The van der Waals surface area contributed by atoms with Crippen molar-refractivity contribution >= 4 is 5.97 Å². The Balaban J connectivity index is 1.56. The molecule has 3 nitrogen and oxygen atoms in total. The van der Waals surface area contributed by atoms with Gasteiger partial charge in [-0.25, -0.2) is 4.79 Å². The second kappa shape index (κ2) is 5.34. The van der Waals surface area contributed by atoms with E-state index >= 15 is 0 Å². The van der Waals surface area contributed by atoms with E-state index in [4.69, 9.17) is 4.74 Å². The van der Waals surface area contributed by atoms with Crippen LogP contribution in [0.25, 0.3) is 0 Å². The summed E-state index contributed by atoms with van der Waals surface area (Å²) in [5.41, 5.74) is 3.78. The Morgan fingerprint density at radius 3 is 2.88 bits per heavy atom. The fourth-order valence-corrected chi connectivity index (χ4v) is 4.95. The van der Waals surface area contributed by atoms with Crippen LogP contribution in [0.1, 0.15) is 36.8 Å². The van der Waals surface area contributed by atoms with Gasteiger partial charge in [-0.1, -0.05) is 42.0 Å². The number of hydrogen-bond donors (Lipinski definition) is 0. The lowest BCUT2D eigenvalue weighted by atomic mass is 9.77. The van der Waals surface area contributed by atoms with Crippen LogP contribution in [0.2, 0.25) is 0 Å². The van der Waals surface area contributed by atoms with E-state index in [-0.39, 0.29) is 5.97 Å². The van der Waals surface area contributed by atoms with E-state index in [0.29, 0.717) is 12.1 Å². The van der Waals surface area contributed by atoms with E-state index in [2.05, 4.69) is 41.9 Å². The van der Waals surface area contributed by atoms with Gasteiger partial charge in [0.2, 0.25) is 0 Å². The lowest BCUT2D eigenvalue weighted by molar-refractivity contribution is -0.148. The van der Waals surface area contributed by atoms with E-state index in [9.17, 15) is 4.79 Å². The summed E-state index contributed by atoms with van der Waals surface area (Å²) < 4.78 is 5.93. The second-order valence-corrected chi connectivity index (χ2v) is 7.59. The van der Waals surface area contributed by atoms with Crippen LogP contribution in [0.5, 0.6) is 0 Å². The van der Waals surface area contributed by atoms with Gasteiger partial charge in [0.05, 0.1) is 6.04 Å². The number of hydrogen-bond acceptors (Lipinski definition) is 3. The molecule has 0 radical (unpaired) electrons. The first kappa shape index (κ1) is 15.0.